The van der Waals surface area contributed by atoms with E-state index in [9.17, 15) is 0 Å². The van der Waals surface area contributed by atoms with Gasteiger partial charge < -0.3 is 10.6 Å². The Kier molecular flexibility index (Phi) is 4.02. The second kappa shape index (κ2) is 4.83. The van der Waals surface area contributed by atoms with E-state index in [0.29, 0.717) is 6.04 Å². The van der Waals surface area contributed by atoms with E-state index in [1.165, 1.54) is 19.3 Å². The van der Waals surface area contributed by atoms with E-state index in [1.807, 2.05) is 0 Å². The van der Waals surface area contributed by atoms with E-state index in [1.54, 1.807) is 0 Å². The molecule has 1 aliphatic rings. The second-order valence-electron chi connectivity index (χ2n) is 4.09. The first kappa shape index (κ1) is 10.0. The van der Waals surface area contributed by atoms with Gasteiger partial charge in [-0.2, -0.15) is 0 Å². The molecule has 72 valence electrons. The van der Waals surface area contributed by atoms with Crippen LogP contribution in [0, 0.1) is 0 Å². The molecule has 0 aromatic heterocycles. The summed E-state index contributed by atoms with van der Waals surface area (Å²) in [5.74, 6) is 0. The van der Waals surface area contributed by atoms with Gasteiger partial charge in [0.05, 0.1) is 0 Å². The van der Waals surface area contributed by atoms with Crippen LogP contribution in [0.3, 0.4) is 0 Å². The van der Waals surface area contributed by atoms with Crippen LogP contribution in [0.25, 0.3) is 0 Å². The summed E-state index contributed by atoms with van der Waals surface area (Å²) >= 11 is 0. The molecule has 0 radical (unpaired) electrons. The van der Waals surface area contributed by atoms with Gasteiger partial charge in [0.1, 0.15) is 0 Å². The maximum absolute atomic E-state index is 3.59. The Morgan fingerprint density at radius 1 is 1.25 bits per heavy atom. The number of nitrogens with one attached hydrogen (secondary N) is 2. The molecular formula is C10H22N2. The zero-order valence-corrected chi connectivity index (χ0v) is 8.56. The minimum atomic E-state index is 0.635. The molecule has 1 unspecified atom stereocenters. The van der Waals surface area contributed by atoms with E-state index in [4.69, 9.17) is 0 Å². The molecule has 0 amide bonds. The van der Waals surface area contributed by atoms with Gasteiger partial charge in [0.15, 0.2) is 0 Å². The van der Waals surface area contributed by atoms with Crippen LogP contribution in [-0.2, 0) is 0 Å². The van der Waals surface area contributed by atoms with Gasteiger partial charge in [0.25, 0.3) is 0 Å². The fraction of sp³-hybridized carbons (Fsp3) is 1.00. The van der Waals surface area contributed by atoms with Gasteiger partial charge in [-0.25, -0.2) is 0 Å². The maximum Gasteiger partial charge on any atom is 0.00848 e. The summed E-state index contributed by atoms with van der Waals surface area (Å²) in [4.78, 5) is 0. The lowest BCUT2D eigenvalue weighted by Gasteiger charge is -2.16. The fourth-order valence-electron chi connectivity index (χ4n) is 2.08. The standard InChI is InChI=1S/C10H22N2/c1-4-11-9-5-6-10(7-9)12-8(2)3/h8-12H,4-7H2,1-3H3/t9?,10-/m0/s1. The molecule has 0 heterocycles. The second-order valence-corrected chi connectivity index (χ2v) is 4.09. The Morgan fingerprint density at radius 3 is 2.50 bits per heavy atom. The van der Waals surface area contributed by atoms with Gasteiger partial charge >= 0.3 is 0 Å². The quantitative estimate of drug-likeness (QED) is 0.668. The Bertz CT molecular complexity index is 123. The SMILES string of the molecule is CCNC1CC[C@H](NC(C)C)C1. The molecule has 1 fully saturated rings. The first-order chi connectivity index (χ1) is 5.72. The van der Waals surface area contributed by atoms with Crippen molar-refractivity contribution >= 4 is 0 Å². The van der Waals surface area contributed by atoms with Crippen LogP contribution in [0.5, 0.6) is 0 Å². The van der Waals surface area contributed by atoms with Crippen molar-refractivity contribution in [2.45, 2.75) is 58.2 Å². The first-order valence-electron chi connectivity index (χ1n) is 5.21. The Balaban J connectivity index is 2.16. The van der Waals surface area contributed by atoms with Crippen molar-refractivity contribution in [1.82, 2.24) is 10.6 Å². The normalized spacial score (nSPS) is 30.0. The monoisotopic (exact) mass is 170 g/mol. The number of hydrogen-bond donors (Lipinski definition) is 2. The lowest BCUT2D eigenvalue weighted by Crippen LogP contribution is -2.35. The minimum Gasteiger partial charge on any atom is -0.314 e. The predicted octanol–water partition coefficient (Wildman–Crippen LogP) is 1.51. The molecule has 2 nitrogen and oxygen atoms in total. The molecule has 2 heteroatoms. The van der Waals surface area contributed by atoms with Gasteiger partial charge in [-0.3, -0.25) is 0 Å². The van der Waals surface area contributed by atoms with Gasteiger partial charge in [-0.05, 0) is 25.8 Å². The van der Waals surface area contributed by atoms with Crippen molar-refractivity contribution in [3.63, 3.8) is 0 Å². The maximum atomic E-state index is 3.59. The Labute approximate surface area is 76.1 Å². The van der Waals surface area contributed by atoms with Crippen molar-refractivity contribution in [1.29, 1.82) is 0 Å². The number of hydrogen-bond acceptors (Lipinski definition) is 2. The van der Waals surface area contributed by atoms with Crippen LogP contribution in [0.15, 0.2) is 0 Å². The molecule has 0 spiro atoms. The van der Waals surface area contributed by atoms with Crippen LogP contribution in [0.2, 0.25) is 0 Å². The molecule has 1 saturated carbocycles. The summed E-state index contributed by atoms with van der Waals surface area (Å²) < 4.78 is 0. The van der Waals surface area contributed by atoms with E-state index in [0.717, 1.165) is 18.6 Å². The van der Waals surface area contributed by atoms with Crippen molar-refractivity contribution in [3.8, 4) is 0 Å². The third-order valence-corrected chi connectivity index (χ3v) is 2.49. The zero-order chi connectivity index (χ0) is 8.97. The molecule has 0 aromatic carbocycles. The Hall–Kier alpha value is -0.0800. The molecule has 2 N–H and O–H groups in total. The molecule has 0 aliphatic heterocycles. The summed E-state index contributed by atoms with van der Waals surface area (Å²) in [5, 5.41) is 7.10. The van der Waals surface area contributed by atoms with Gasteiger partial charge in [0.2, 0.25) is 0 Å². The summed E-state index contributed by atoms with van der Waals surface area (Å²) in [6.45, 7) is 7.74. The molecule has 0 saturated heterocycles. The van der Waals surface area contributed by atoms with Crippen LogP contribution >= 0.6 is 0 Å². The highest BCUT2D eigenvalue weighted by Gasteiger charge is 2.23. The lowest BCUT2D eigenvalue weighted by molar-refractivity contribution is 0.453. The van der Waals surface area contributed by atoms with E-state index >= 15 is 0 Å². The van der Waals surface area contributed by atoms with E-state index in [2.05, 4.69) is 31.4 Å². The van der Waals surface area contributed by atoms with Crippen LogP contribution in [0.1, 0.15) is 40.0 Å². The molecule has 0 bridgehead atoms. The highest BCUT2D eigenvalue weighted by molar-refractivity contribution is 4.85. The highest BCUT2D eigenvalue weighted by Crippen LogP contribution is 2.19. The minimum absolute atomic E-state index is 0.635. The van der Waals surface area contributed by atoms with Crippen molar-refractivity contribution in [3.05, 3.63) is 0 Å². The summed E-state index contributed by atoms with van der Waals surface area (Å²) in [7, 11) is 0. The molecule has 1 rings (SSSR count). The van der Waals surface area contributed by atoms with Crippen LogP contribution in [-0.4, -0.2) is 24.7 Å². The first-order valence-corrected chi connectivity index (χ1v) is 5.21. The highest BCUT2D eigenvalue weighted by atomic mass is 15.0. The van der Waals surface area contributed by atoms with Crippen molar-refractivity contribution in [2.75, 3.05) is 6.54 Å². The van der Waals surface area contributed by atoms with E-state index < -0.39 is 0 Å². The third kappa shape index (κ3) is 3.11. The van der Waals surface area contributed by atoms with Gasteiger partial charge in [0, 0.05) is 18.1 Å². The summed E-state index contributed by atoms with van der Waals surface area (Å²) in [6.07, 6.45) is 4.00. The number of rotatable bonds is 4. The largest absolute Gasteiger partial charge is 0.314 e. The average Bonchev–Trinajstić information content (AvgIpc) is 2.36. The molecule has 0 aromatic rings. The topological polar surface area (TPSA) is 24.1 Å². The van der Waals surface area contributed by atoms with Gasteiger partial charge in [-0.15, -0.1) is 0 Å². The molecular weight excluding hydrogens is 148 g/mol. The van der Waals surface area contributed by atoms with Crippen molar-refractivity contribution in [2.24, 2.45) is 0 Å². The molecule has 2 atom stereocenters. The van der Waals surface area contributed by atoms with Gasteiger partial charge in [-0.1, -0.05) is 20.8 Å². The summed E-state index contributed by atoms with van der Waals surface area (Å²) in [5.41, 5.74) is 0. The molecule has 12 heavy (non-hydrogen) atoms. The fourth-order valence-corrected chi connectivity index (χ4v) is 2.08. The smallest absolute Gasteiger partial charge is 0.00848 e. The predicted molar refractivity (Wildman–Crippen MR) is 53.4 cm³/mol. The third-order valence-electron chi connectivity index (χ3n) is 2.49. The zero-order valence-electron chi connectivity index (χ0n) is 8.56. The summed E-state index contributed by atoms with van der Waals surface area (Å²) in [6, 6.07) is 2.16. The van der Waals surface area contributed by atoms with E-state index in [-0.39, 0.29) is 0 Å². The lowest BCUT2D eigenvalue weighted by atomic mass is 10.2. The Morgan fingerprint density at radius 2 is 1.92 bits per heavy atom. The molecule has 1 aliphatic carbocycles. The van der Waals surface area contributed by atoms with Crippen LogP contribution in [0.4, 0.5) is 0 Å². The van der Waals surface area contributed by atoms with Crippen molar-refractivity contribution < 1.29 is 0 Å². The van der Waals surface area contributed by atoms with Crippen LogP contribution < -0.4 is 10.6 Å². The average molecular weight is 170 g/mol.